The zero-order chi connectivity index (χ0) is 15.2. The topological polar surface area (TPSA) is 81.4 Å². The molecule has 5 heteroatoms. The molecule has 1 rings (SSSR count). The van der Waals surface area contributed by atoms with Crippen LogP contribution in [0.15, 0.2) is 0 Å². The molecule has 0 saturated heterocycles. The van der Waals surface area contributed by atoms with E-state index in [0.717, 1.165) is 38.5 Å². The van der Waals surface area contributed by atoms with Crippen LogP contribution in [0.4, 0.5) is 0 Å². The van der Waals surface area contributed by atoms with E-state index >= 15 is 0 Å². The zero-order valence-corrected chi connectivity index (χ0v) is 12.9. The van der Waals surface area contributed by atoms with Gasteiger partial charge in [0.25, 0.3) is 0 Å². The molecule has 1 amide bonds. The van der Waals surface area contributed by atoms with Gasteiger partial charge in [-0.1, -0.05) is 39.5 Å². The summed E-state index contributed by atoms with van der Waals surface area (Å²) in [5.41, 5.74) is 5.35. The first-order valence-electron chi connectivity index (χ1n) is 7.59. The van der Waals surface area contributed by atoms with Crippen LogP contribution in [0.25, 0.3) is 0 Å². The molecule has 1 aliphatic carbocycles. The Kier molecular flexibility index (Phi) is 6.46. The number of hydrogen-bond donors (Lipinski definition) is 2. The lowest BCUT2D eigenvalue weighted by molar-refractivity contribution is -0.148. The fourth-order valence-corrected chi connectivity index (χ4v) is 2.84. The third-order valence-electron chi connectivity index (χ3n) is 4.64. The fraction of sp³-hybridized carbons (Fsp3) is 0.867. The van der Waals surface area contributed by atoms with Crippen LogP contribution in [0.1, 0.15) is 52.4 Å². The molecule has 0 spiro atoms. The maximum absolute atomic E-state index is 12.6. The number of carbonyl (C=O) groups is 2. The summed E-state index contributed by atoms with van der Waals surface area (Å²) in [6, 6.07) is -0.581. The SMILES string of the molecule is CCC(C)C(NC(=O)C1(CN)CCCCC1)C(=O)OC. The molecule has 3 N–H and O–H groups in total. The highest BCUT2D eigenvalue weighted by Crippen LogP contribution is 2.35. The average molecular weight is 284 g/mol. The number of esters is 1. The summed E-state index contributed by atoms with van der Waals surface area (Å²) in [6.07, 6.45) is 5.62. The van der Waals surface area contributed by atoms with Gasteiger partial charge in [-0.3, -0.25) is 4.79 Å². The minimum atomic E-state index is -0.581. The molecule has 1 aliphatic rings. The van der Waals surface area contributed by atoms with Crippen LogP contribution in [0, 0.1) is 11.3 Å². The van der Waals surface area contributed by atoms with Crippen LogP contribution >= 0.6 is 0 Å². The third kappa shape index (κ3) is 3.72. The predicted molar refractivity (Wildman–Crippen MR) is 78.0 cm³/mol. The molecule has 0 aromatic rings. The molecule has 0 aromatic heterocycles. The standard InChI is InChI=1S/C15H28N2O3/c1-4-11(2)12(13(18)20-3)17-14(19)15(10-16)8-6-5-7-9-15/h11-12H,4-10,16H2,1-3H3,(H,17,19). The maximum atomic E-state index is 12.6. The summed E-state index contributed by atoms with van der Waals surface area (Å²) in [4.78, 5) is 24.5. The normalized spacial score (nSPS) is 20.8. The van der Waals surface area contributed by atoms with E-state index in [9.17, 15) is 9.59 Å². The van der Waals surface area contributed by atoms with Crippen LogP contribution in [-0.2, 0) is 14.3 Å². The minimum absolute atomic E-state index is 0.0461. The Balaban J connectivity index is 2.80. The first kappa shape index (κ1) is 17.0. The van der Waals surface area contributed by atoms with E-state index in [0.29, 0.717) is 6.54 Å². The van der Waals surface area contributed by atoms with Crippen molar-refractivity contribution in [3.63, 3.8) is 0 Å². The fourth-order valence-electron chi connectivity index (χ4n) is 2.84. The number of nitrogens with two attached hydrogens (primary N) is 1. The lowest BCUT2D eigenvalue weighted by Gasteiger charge is -2.36. The van der Waals surface area contributed by atoms with Crippen LogP contribution in [-0.4, -0.2) is 31.6 Å². The van der Waals surface area contributed by atoms with Gasteiger partial charge in [0.1, 0.15) is 6.04 Å². The van der Waals surface area contributed by atoms with Crippen molar-refractivity contribution in [3.05, 3.63) is 0 Å². The molecule has 20 heavy (non-hydrogen) atoms. The summed E-state index contributed by atoms with van der Waals surface area (Å²) in [7, 11) is 1.35. The van der Waals surface area contributed by atoms with Gasteiger partial charge in [-0.25, -0.2) is 4.79 Å². The van der Waals surface area contributed by atoms with Crippen molar-refractivity contribution < 1.29 is 14.3 Å². The maximum Gasteiger partial charge on any atom is 0.328 e. The summed E-state index contributed by atoms with van der Waals surface area (Å²) >= 11 is 0. The molecule has 5 nitrogen and oxygen atoms in total. The number of nitrogens with one attached hydrogen (secondary N) is 1. The third-order valence-corrected chi connectivity index (χ3v) is 4.64. The predicted octanol–water partition coefficient (Wildman–Crippen LogP) is 1.60. The number of carbonyl (C=O) groups excluding carboxylic acids is 2. The molecule has 1 fully saturated rings. The van der Waals surface area contributed by atoms with Gasteiger partial charge in [-0.15, -0.1) is 0 Å². The summed E-state index contributed by atoms with van der Waals surface area (Å²) < 4.78 is 4.81. The minimum Gasteiger partial charge on any atom is -0.467 e. The van der Waals surface area contributed by atoms with E-state index in [1.54, 1.807) is 0 Å². The first-order chi connectivity index (χ1) is 9.50. The van der Waals surface area contributed by atoms with Crippen molar-refractivity contribution in [2.24, 2.45) is 17.1 Å². The van der Waals surface area contributed by atoms with Gasteiger partial charge in [0, 0.05) is 6.54 Å². The highest BCUT2D eigenvalue weighted by molar-refractivity contribution is 5.88. The van der Waals surface area contributed by atoms with Crippen molar-refractivity contribution in [1.29, 1.82) is 0 Å². The largest absolute Gasteiger partial charge is 0.467 e. The molecule has 0 bridgehead atoms. The quantitative estimate of drug-likeness (QED) is 0.726. The number of ether oxygens (including phenoxy) is 1. The smallest absolute Gasteiger partial charge is 0.328 e. The second-order valence-corrected chi connectivity index (χ2v) is 5.90. The van der Waals surface area contributed by atoms with Gasteiger partial charge in [0.15, 0.2) is 0 Å². The summed E-state index contributed by atoms with van der Waals surface area (Å²) in [5, 5.41) is 2.89. The second kappa shape index (κ2) is 7.62. The molecule has 0 heterocycles. The van der Waals surface area contributed by atoms with Crippen LogP contribution in [0.3, 0.4) is 0 Å². The van der Waals surface area contributed by atoms with E-state index in [1.165, 1.54) is 7.11 Å². The van der Waals surface area contributed by atoms with Gasteiger partial charge >= 0.3 is 5.97 Å². The Labute approximate surface area is 121 Å². The Morgan fingerprint density at radius 3 is 2.35 bits per heavy atom. The van der Waals surface area contributed by atoms with Crippen LogP contribution in [0.2, 0.25) is 0 Å². The molecule has 0 aliphatic heterocycles. The Morgan fingerprint density at radius 1 is 1.30 bits per heavy atom. The van der Waals surface area contributed by atoms with E-state index in [4.69, 9.17) is 10.5 Å². The van der Waals surface area contributed by atoms with E-state index in [1.807, 2.05) is 13.8 Å². The van der Waals surface area contributed by atoms with Crippen molar-refractivity contribution in [2.45, 2.75) is 58.4 Å². The van der Waals surface area contributed by atoms with Crippen molar-refractivity contribution >= 4 is 11.9 Å². The number of amides is 1. The Bertz CT molecular complexity index is 338. The van der Waals surface area contributed by atoms with Gasteiger partial charge in [-0.2, -0.15) is 0 Å². The van der Waals surface area contributed by atoms with E-state index in [2.05, 4.69) is 5.32 Å². The van der Waals surface area contributed by atoms with Gasteiger partial charge < -0.3 is 15.8 Å². The van der Waals surface area contributed by atoms with Gasteiger partial charge in [-0.05, 0) is 18.8 Å². The molecule has 0 aromatic carbocycles. The summed E-state index contributed by atoms with van der Waals surface area (Å²) in [5.74, 6) is -0.420. The molecule has 2 atom stereocenters. The Hall–Kier alpha value is -1.10. The molecule has 0 radical (unpaired) electrons. The lowest BCUT2D eigenvalue weighted by atomic mass is 9.73. The van der Waals surface area contributed by atoms with E-state index < -0.39 is 11.5 Å². The molecule has 1 saturated carbocycles. The molecule has 116 valence electrons. The zero-order valence-electron chi connectivity index (χ0n) is 12.9. The van der Waals surface area contributed by atoms with Crippen molar-refractivity contribution in [2.75, 3.05) is 13.7 Å². The van der Waals surface area contributed by atoms with E-state index in [-0.39, 0.29) is 17.8 Å². The van der Waals surface area contributed by atoms with Gasteiger partial charge in [0.2, 0.25) is 5.91 Å². The number of rotatable bonds is 6. The molecular weight excluding hydrogens is 256 g/mol. The monoisotopic (exact) mass is 284 g/mol. The van der Waals surface area contributed by atoms with Crippen LogP contribution < -0.4 is 11.1 Å². The van der Waals surface area contributed by atoms with Gasteiger partial charge in [0.05, 0.1) is 12.5 Å². The lowest BCUT2D eigenvalue weighted by Crippen LogP contribution is -2.54. The first-order valence-corrected chi connectivity index (χ1v) is 7.59. The highest BCUT2D eigenvalue weighted by Gasteiger charge is 2.40. The summed E-state index contributed by atoms with van der Waals surface area (Å²) in [6.45, 7) is 4.27. The van der Waals surface area contributed by atoms with Crippen LogP contribution in [0.5, 0.6) is 0 Å². The number of hydrogen-bond acceptors (Lipinski definition) is 4. The van der Waals surface area contributed by atoms with Crippen molar-refractivity contribution in [3.8, 4) is 0 Å². The average Bonchev–Trinajstić information content (AvgIpc) is 2.51. The highest BCUT2D eigenvalue weighted by atomic mass is 16.5. The number of methoxy groups -OCH3 is 1. The molecule has 2 unspecified atom stereocenters. The second-order valence-electron chi connectivity index (χ2n) is 5.90. The molecular formula is C15H28N2O3. The Morgan fingerprint density at radius 2 is 1.90 bits per heavy atom. The van der Waals surface area contributed by atoms with Crippen molar-refractivity contribution in [1.82, 2.24) is 5.32 Å².